The third kappa shape index (κ3) is 1.63. The number of hydrogen-bond donors (Lipinski definition) is 2. The minimum absolute atomic E-state index is 0.144. The normalized spacial score (nSPS) is 43.2. The second-order valence-electron chi connectivity index (χ2n) is 3.80. The molecule has 2 fully saturated rings. The molecule has 2 aliphatic rings. The van der Waals surface area contributed by atoms with Crippen LogP contribution in [-0.4, -0.2) is 37.0 Å². The number of rotatable bonds is 1. The first-order chi connectivity index (χ1) is 5.88. The predicted molar refractivity (Wildman–Crippen MR) is 46.0 cm³/mol. The van der Waals surface area contributed by atoms with Crippen LogP contribution in [0, 0.1) is 5.92 Å². The van der Waals surface area contributed by atoms with Crippen LogP contribution in [0.15, 0.2) is 0 Å². The zero-order valence-corrected chi connectivity index (χ0v) is 7.33. The summed E-state index contributed by atoms with van der Waals surface area (Å²) in [4.78, 5) is 0. The summed E-state index contributed by atoms with van der Waals surface area (Å²) in [6.07, 6.45) is 3.11. The minimum atomic E-state index is -0.144. The molecule has 0 amide bonds. The Kier molecular flexibility index (Phi) is 2.63. The molecule has 3 heteroatoms. The second kappa shape index (κ2) is 3.73. The van der Waals surface area contributed by atoms with Crippen molar-refractivity contribution in [3.8, 4) is 0 Å². The van der Waals surface area contributed by atoms with Gasteiger partial charge in [-0.2, -0.15) is 0 Å². The lowest BCUT2D eigenvalue weighted by atomic mass is 9.90. The summed E-state index contributed by atoms with van der Waals surface area (Å²) in [5.74, 6) is 0.334. The SMILES string of the molecule is O[C@H]1CCOC[C@@H]1[C@@H]1CCCN1. The average molecular weight is 171 g/mol. The molecule has 0 aromatic rings. The highest BCUT2D eigenvalue weighted by molar-refractivity contribution is 4.87. The first kappa shape index (κ1) is 8.48. The van der Waals surface area contributed by atoms with Crippen molar-refractivity contribution >= 4 is 0 Å². The summed E-state index contributed by atoms with van der Waals surface area (Å²) in [5.41, 5.74) is 0. The smallest absolute Gasteiger partial charge is 0.0627 e. The van der Waals surface area contributed by atoms with Crippen LogP contribution in [0.2, 0.25) is 0 Å². The van der Waals surface area contributed by atoms with Crippen molar-refractivity contribution in [2.75, 3.05) is 19.8 Å². The van der Waals surface area contributed by atoms with Crippen LogP contribution in [0.4, 0.5) is 0 Å². The van der Waals surface area contributed by atoms with Crippen LogP contribution >= 0.6 is 0 Å². The summed E-state index contributed by atoms with van der Waals surface area (Å²) in [7, 11) is 0. The first-order valence-electron chi connectivity index (χ1n) is 4.87. The largest absolute Gasteiger partial charge is 0.393 e. The van der Waals surface area contributed by atoms with Gasteiger partial charge in [-0.15, -0.1) is 0 Å². The highest BCUT2D eigenvalue weighted by Gasteiger charge is 2.32. The quantitative estimate of drug-likeness (QED) is 0.589. The van der Waals surface area contributed by atoms with Gasteiger partial charge >= 0.3 is 0 Å². The Bertz CT molecular complexity index is 145. The Hall–Kier alpha value is -0.120. The van der Waals surface area contributed by atoms with Crippen molar-refractivity contribution in [1.29, 1.82) is 0 Å². The second-order valence-corrected chi connectivity index (χ2v) is 3.80. The lowest BCUT2D eigenvalue weighted by Gasteiger charge is -2.32. The molecule has 0 saturated carbocycles. The number of aliphatic hydroxyl groups excluding tert-OH is 1. The van der Waals surface area contributed by atoms with Crippen LogP contribution in [0.1, 0.15) is 19.3 Å². The maximum atomic E-state index is 9.71. The Balaban J connectivity index is 1.91. The topological polar surface area (TPSA) is 41.5 Å². The monoisotopic (exact) mass is 171 g/mol. The number of ether oxygens (including phenoxy) is 1. The number of nitrogens with one attached hydrogen (secondary N) is 1. The van der Waals surface area contributed by atoms with E-state index in [1.165, 1.54) is 12.8 Å². The predicted octanol–water partition coefficient (Wildman–Crippen LogP) is 0.136. The van der Waals surface area contributed by atoms with Crippen molar-refractivity contribution < 1.29 is 9.84 Å². The van der Waals surface area contributed by atoms with Gasteiger partial charge < -0.3 is 15.2 Å². The Labute approximate surface area is 73.1 Å². The van der Waals surface area contributed by atoms with Crippen molar-refractivity contribution in [2.24, 2.45) is 5.92 Å². The molecule has 0 unspecified atom stereocenters. The van der Waals surface area contributed by atoms with Crippen LogP contribution in [0.25, 0.3) is 0 Å². The zero-order valence-electron chi connectivity index (χ0n) is 7.33. The molecule has 0 aliphatic carbocycles. The summed E-state index contributed by atoms with van der Waals surface area (Å²) in [6, 6.07) is 0.500. The van der Waals surface area contributed by atoms with Gasteiger partial charge in [0.25, 0.3) is 0 Å². The average Bonchev–Trinajstić information content (AvgIpc) is 2.57. The molecule has 0 bridgehead atoms. The summed E-state index contributed by atoms with van der Waals surface area (Å²) < 4.78 is 5.36. The van der Waals surface area contributed by atoms with Gasteiger partial charge in [-0.3, -0.25) is 0 Å². The standard InChI is InChI=1S/C9H17NO2/c11-9-3-5-12-6-7(9)8-2-1-4-10-8/h7-11H,1-6H2/t7-,8+,9+/m1/s1. The van der Waals surface area contributed by atoms with E-state index in [1.54, 1.807) is 0 Å². The molecule has 2 N–H and O–H groups in total. The van der Waals surface area contributed by atoms with E-state index in [2.05, 4.69) is 5.32 Å². The van der Waals surface area contributed by atoms with Crippen LogP contribution < -0.4 is 5.32 Å². The highest BCUT2D eigenvalue weighted by Crippen LogP contribution is 2.23. The van der Waals surface area contributed by atoms with E-state index in [0.717, 1.165) is 26.2 Å². The molecule has 2 heterocycles. The minimum Gasteiger partial charge on any atom is -0.393 e. The summed E-state index contributed by atoms with van der Waals surface area (Å²) in [6.45, 7) is 2.57. The fourth-order valence-corrected chi connectivity index (χ4v) is 2.21. The van der Waals surface area contributed by atoms with Crippen LogP contribution in [0.5, 0.6) is 0 Å². The fraction of sp³-hybridized carbons (Fsp3) is 1.00. The van der Waals surface area contributed by atoms with Gasteiger partial charge in [-0.25, -0.2) is 0 Å². The van der Waals surface area contributed by atoms with Gasteiger partial charge in [-0.05, 0) is 25.8 Å². The van der Waals surface area contributed by atoms with E-state index >= 15 is 0 Å². The van der Waals surface area contributed by atoms with E-state index < -0.39 is 0 Å². The van der Waals surface area contributed by atoms with Crippen LogP contribution in [0.3, 0.4) is 0 Å². The molecule has 0 aromatic carbocycles. The third-order valence-corrected chi connectivity index (χ3v) is 2.98. The molecule has 0 aromatic heterocycles. The van der Waals surface area contributed by atoms with Gasteiger partial charge in [0.2, 0.25) is 0 Å². The maximum absolute atomic E-state index is 9.71. The molecule has 0 spiro atoms. The third-order valence-electron chi connectivity index (χ3n) is 2.98. The molecule has 2 saturated heterocycles. The maximum Gasteiger partial charge on any atom is 0.0627 e. The summed E-state index contributed by atoms with van der Waals surface area (Å²) >= 11 is 0. The van der Waals surface area contributed by atoms with Crippen molar-refractivity contribution in [3.05, 3.63) is 0 Å². The van der Waals surface area contributed by atoms with E-state index in [1.807, 2.05) is 0 Å². The van der Waals surface area contributed by atoms with Crippen molar-refractivity contribution in [1.82, 2.24) is 5.32 Å². The van der Waals surface area contributed by atoms with Gasteiger partial charge in [0, 0.05) is 18.6 Å². The molecule has 3 atom stereocenters. The van der Waals surface area contributed by atoms with Crippen molar-refractivity contribution in [2.45, 2.75) is 31.4 Å². The van der Waals surface area contributed by atoms with Crippen molar-refractivity contribution in [3.63, 3.8) is 0 Å². The van der Waals surface area contributed by atoms with E-state index in [4.69, 9.17) is 4.74 Å². The Morgan fingerprint density at radius 3 is 2.92 bits per heavy atom. The number of hydrogen-bond acceptors (Lipinski definition) is 3. The van der Waals surface area contributed by atoms with Gasteiger partial charge in [0.05, 0.1) is 12.7 Å². The zero-order chi connectivity index (χ0) is 8.39. The summed E-state index contributed by atoms with van der Waals surface area (Å²) in [5, 5.41) is 13.1. The van der Waals surface area contributed by atoms with Gasteiger partial charge in [0.1, 0.15) is 0 Å². The molecule has 2 aliphatic heterocycles. The highest BCUT2D eigenvalue weighted by atomic mass is 16.5. The molecule has 3 nitrogen and oxygen atoms in total. The van der Waals surface area contributed by atoms with E-state index in [9.17, 15) is 5.11 Å². The molecule has 12 heavy (non-hydrogen) atoms. The number of aliphatic hydroxyl groups is 1. The van der Waals surface area contributed by atoms with Gasteiger partial charge in [0.15, 0.2) is 0 Å². The molecular weight excluding hydrogens is 154 g/mol. The molecule has 2 rings (SSSR count). The fourth-order valence-electron chi connectivity index (χ4n) is 2.21. The Morgan fingerprint density at radius 2 is 2.25 bits per heavy atom. The van der Waals surface area contributed by atoms with E-state index in [0.29, 0.717) is 12.0 Å². The molecule has 0 radical (unpaired) electrons. The van der Waals surface area contributed by atoms with Crippen LogP contribution in [-0.2, 0) is 4.74 Å². The van der Waals surface area contributed by atoms with Gasteiger partial charge in [-0.1, -0.05) is 0 Å². The Morgan fingerprint density at radius 1 is 1.33 bits per heavy atom. The molecule has 70 valence electrons. The molecular formula is C9H17NO2. The lowest BCUT2D eigenvalue weighted by Crippen LogP contribution is -2.44. The van der Waals surface area contributed by atoms with E-state index in [-0.39, 0.29) is 6.10 Å². The first-order valence-corrected chi connectivity index (χ1v) is 4.87. The lowest BCUT2D eigenvalue weighted by molar-refractivity contribution is -0.0466.